The molecular weight excluding hydrogens is 330 g/mol. The largest absolute Gasteiger partial charge is 0.348 e. The number of urea groups is 1. The maximum Gasteiger partial charge on any atom is 0.324 e. The third-order valence-corrected chi connectivity index (χ3v) is 4.60. The van der Waals surface area contributed by atoms with Crippen molar-refractivity contribution in [2.75, 3.05) is 28.6 Å². The standard InChI is InChI=1S/C15H17N5O3S/c21-14(16-11-4-6-12(7-5-11)20(22)23)17-13-10-24-15(18-13)19-8-2-1-3-9-19/h4-7,10H,1-3,8-9H2,(H2,16,17,21). The van der Waals surface area contributed by atoms with Crippen LogP contribution in [0.25, 0.3) is 0 Å². The fourth-order valence-corrected chi connectivity index (χ4v) is 3.31. The van der Waals surface area contributed by atoms with Crippen molar-refractivity contribution in [2.24, 2.45) is 0 Å². The predicted molar refractivity (Wildman–Crippen MR) is 93.9 cm³/mol. The number of anilines is 3. The number of benzene rings is 1. The summed E-state index contributed by atoms with van der Waals surface area (Å²) in [6.45, 7) is 2.00. The van der Waals surface area contributed by atoms with E-state index < -0.39 is 11.0 Å². The Hall–Kier alpha value is -2.68. The van der Waals surface area contributed by atoms with Crippen LogP contribution >= 0.6 is 11.3 Å². The molecule has 8 nitrogen and oxygen atoms in total. The third-order valence-electron chi connectivity index (χ3n) is 3.70. The number of piperidine rings is 1. The Bertz CT molecular complexity index is 725. The van der Waals surface area contributed by atoms with Crippen molar-refractivity contribution >= 4 is 39.7 Å². The summed E-state index contributed by atoms with van der Waals surface area (Å²) in [5.41, 5.74) is 0.455. The van der Waals surface area contributed by atoms with Gasteiger partial charge >= 0.3 is 6.03 Å². The predicted octanol–water partition coefficient (Wildman–Crippen LogP) is 3.69. The fraction of sp³-hybridized carbons (Fsp3) is 0.333. The lowest BCUT2D eigenvalue weighted by Gasteiger charge is -2.25. The van der Waals surface area contributed by atoms with Gasteiger partial charge in [0.05, 0.1) is 4.92 Å². The highest BCUT2D eigenvalue weighted by Gasteiger charge is 2.15. The first-order valence-electron chi connectivity index (χ1n) is 7.65. The molecule has 1 aromatic carbocycles. The summed E-state index contributed by atoms with van der Waals surface area (Å²) in [6.07, 6.45) is 3.59. The molecular formula is C15H17N5O3S. The van der Waals surface area contributed by atoms with Crippen LogP contribution in [0.5, 0.6) is 0 Å². The maximum atomic E-state index is 12.0. The average Bonchev–Trinajstić information content (AvgIpc) is 3.04. The Morgan fingerprint density at radius 1 is 1.17 bits per heavy atom. The normalized spacial score (nSPS) is 14.2. The van der Waals surface area contributed by atoms with E-state index >= 15 is 0 Å². The molecule has 24 heavy (non-hydrogen) atoms. The number of hydrogen-bond donors (Lipinski definition) is 2. The number of nitro benzene ring substituents is 1. The number of nitrogens with zero attached hydrogens (tertiary/aromatic N) is 3. The number of amides is 2. The zero-order valence-electron chi connectivity index (χ0n) is 12.9. The lowest BCUT2D eigenvalue weighted by molar-refractivity contribution is -0.384. The van der Waals surface area contributed by atoms with Crippen LogP contribution in [0.2, 0.25) is 0 Å². The van der Waals surface area contributed by atoms with Crippen molar-refractivity contribution in [3.8, 4) is 0 Å². The molecule has 0 atom stereocenters. The van der Waals surface area contributed by atoms with Crippen LogP contribution in [-0.2, 0) is 0 Å². The summed E-state index contributed by atoms with van der Waals surface area (Å²) in [7, 11) is 0. The summed E-state index contributed by atoms with van der Waals surface area (Å²) in [5, 5.41) is 18.6. The van der Waals surface area contributed by atoms with Crippen LogP contribution in [0.3, 0.4) is 0 Å². The van der Waals surface area contributed by atoms with Gasteiger partial charge in [0, 0.05) is 36.3 Å². The monoisotopic (exact) mass is 347 g/mol. The van der Waals surface area contributed by atoms with E-state index in [-0.39, 0.29) is 5.69 Å². The van der Waals surface area contributed by atoms with Gasteiger partial charge < -0.3 is 10.2 Å². The second-order valence-corrected chi connectivity index (χ2v) is 6.28. The van der Waals surface area contributed by atoms with Gasteiger partial charge in [0.1, 0.15) is 5.82 Å². The Morgan fingerprint density at radius 3 is 2.54 bits per heavy atom. The third kappa shape index (κ3) is 3.99. The molecule has 0 saturated carbocycles. The van der Waals surface area contributed by atoms with Gasteiger partial charge in [0.15, 0.2) is 5.13 Å². The van der Waals surface area contributed by atoms with Gasteiger partial charge in [-0.25, -0.2) is 9.78 Å². The minimum absolute atomic E-state index is 0.0216. The highest BCUT2D eigenvalue weighted by molar-refractivity contribution is 7.14. The van der Waals surface area contributed by atoms with E-state index in [4.69, 9.17) is 0 Å². The Kier molecular flexibility index (Phi) is 4.90. The van der Waals surface area contributed by atoms with Crippen LogP contribution in [0.1, 0.15) is 19.3 Å². The zero-order chi connectivity index (χ0) is 16.9. The Labute approximate surface area is 142 Å². The van der Waals surface area contributed by atoms with Gasteiger partial charge in [-0.1, -0.05) is 0 Å². The molecule has 9 heteroatoms. The van der Waals surface area contributed by atoms with Crippen LogP contribution in [-0.4, -0.2) is 29.0 Å². The van der Waals surface area contributed by atoms with Crippen LogP contribution in [0, 0.1) is 10.1 Å². The number of carbonyl (C=O) groups excluding carboxylic acids is 1. The molecule has 2 heterocycles. The minimum atomic E-state index is -0.485. The van der Waals surface area contributed by atoms with Crippen molar-refractivity contribution in [1.82, 2.24) is 4.98 Å². The number of aromatic nitrogens is 1. The van der Waals surface area contributed by atoms with Gasteiger partial charge in [-0.2, -0.15) is 0 Å². The second-order valence-electron chi connectivity index (χ2n) is 5.45. The van der Waals surface area contributed by atoms with Gasteiger partial charge in [0.2, 0.25) is 0 Å². The summed E-state index contributed by atoms with van der Waals surface area (Å²) in [6, 6.07) is 5.22. The lowest BCUT2D eigenvalue weighted by Crippen LogP contribution is -2.29. The molecule has 2 aromatic rings. The van der Waals surface area contributed by atoms with E-state index in [2.05, 4.69) is 20.5 Å². The molecule has 0 spiro atoms. The smallest absolute Gasteiger partial charge is 0.324 e. The first-order chi connectivity index (χ1) is 11.6. The molecule has 1 aromatic heterocycles. The molecule has 0 bridgehead atoms. The number of rotatable bonds is 4. The number of nitro groups is 1. The van der Waals surface area contributed by atoms with E-state index in [1.54, 1.807) is 5.38 Å². The van der Waals surface area contributed by atoms with Crippen LogP contribution in [0.4, 0.5) is 27.1 Å². The Morgan fingerprint density at radius 2 is 1.88 bits per heavy atom. The molecule has 0 aliphatic carbocycles. The lowest BCUT2D eigenvalue weighted by atomic mass is 10.1. The van der Waals surface area contributed by atoms with Gasteiger partial charge in [-0.05, 0) is 31.4 Å². The number of carbonyl (C=O) groups is 1. The summed E-state index contributed by atoms with van der Waals surface area (Å²) in [4.78, 5) is 28.8. The summed E-state index contributed by atoms with van der Waals surface area (Å²) < 4.78 is 0. The van der Waals surface area contributed by atoms with Crippen molar-refractivity contribution in [3.05, 3.63) is 39.8 Å². The maximum absolute atomic E-state index is 12.0. The van der Waals surface area contributed by atoms with Crippen molar-refractivity contribution < 1.29 is 9.72 Å². The molecule has 126 valence electrons. The van der Waals surface area contributed by atoms with Gasteiger partial charge in [-0.15, -0.1) is 11.3 Å². The average molecular weight is 347 g/mol. The minimum Gasteiger partial charge on any atom is -0.348 e. The van der Waals surface area contributed by atoms with E-state index in [0.29, 0.717) is 11.5 Å². The summed E-state index contributed by atoms with van der Waals surface area (Å²) in [5.74, 6) is 0.500. The first kappa shape index (κ1) is 16.2. The van der Waals surface area contributed by atoms with E-state index in [9.17, 15) is 14.9 Å². The van der Waals surface area contributed by atoms with E-state index in [0.717, 1.165) is 18.2 Å². The topological polar surface area (TPSA) is 100 Å². The molecule has 1 fully saturated rings. The second kappa shape index (κ2) is 7.26. The van der Waals surface area contributed by atoms with E-state index in [1.807, 2.05) is 0 Å². The van der Waals surface area contributed by atoms with Crippen molar-refractivity contribution in [1.29, 1.82) is 0 Å². The highest BCUT2D eigenvalue weighted by Crippen LogP contribution is 2.26. The van der Waals surface area contributed by atoms with E-state index in [1.165, 1.54) is 54.9 Å². The molecule has 2 N–H and O–H groups in total. The van der Waals surface area contributed by atoms with Crippen LogP contribution < -0.4 is 15.5 Å². The number of thiazole rings is 1. The molecule has 3 rings (SSSR count). The molecule has 1 aliphatic heterocycles. The summed E-state index contributed by atoms with van der Waals surface area (Å²) >= 11 is 1.51. The van der Waals surface area contributed by atoms with Gasteiger partial charge in [0.25, 0.3) is 5.69 Å². The fourth-order valence-electron chi connectivity index (χ4n) is 2.50. The number of non-ortho nitro benzene ring substituents is 1. The number of nitrogens with one attached hydrogen (secondary N) is 2. The first-order valence-corrected chi connectivity index (χ1v) is 8.53. The molecule has 0 unspecified atom stereocenters. The quantitative estimate of drug-likeness (QED) is 0.649. The van der Waals surface area contributed by atoms with Crippen molar-refractivity contribution in [2.45, 2.75) is 19.3 Å². The molecule has 2 amide bonds. The SMILES string of the molecule is O=C(Nc1ccc([N+](=O)[O-])cc1)Nc1csc(N2CCCCC2)n1. The Balaban J connectivity index is 1.56. The molecule has 1 aliphatic rings. The molecule has 1 saturated heterocycles. The van der Waals surface area contributed by atoms with Crippen LogP contribution in [0.15, 0.2) is 29.6 Å². The van der Waals surface area contributed by atoms with Gasteiger partial charge in [-0.3, -0.25) is 15.4 Å². The number of hydrogen-bond acceptors (Lipinski definition) is 6. The highest BCUT2D eigenvalue weighted by atomic mass is 32.1. The van der Waals surface area contributed by atoms with Crippen molar-refractivity contribution in [3.63, 3.8) is 0 Å². The molecule has 0 radical (unpaired) electrons. The zero-order valence-corrected chi connectivity index (χ0v) is 13.7.